The van der Waals surface area contributed by atoms with Gasteiger partial charge in [-0.3, -0.25) is 9.78 Å². The minimum absolute atomic E-state index is 0.132. The second-order valence-electron chi connectivity index (χ2n) is 8.77. The summed E-state index contributed by atoms with van der Waals surface area (Å²) in [6, 6.07) is 22.6. The van der Waals surface area contributed by atoms with Crippen LogP contribution in [0, 0.1) is 6.92 Å². The molecule has 0 aliphatic heterocycles. The third-order valence-corrected chi connectivity index (χ3v) is 8.86. The van der Waals surface area contributed by atoms with Crippen LogP contribution in [0.15, 0.2) is 83.9 Å². The molecule has 36 heavy (non-hydrogen) atoms. The first-order chi connectivity index (χ1) is 17.4. The van der Waals surface area contributed by atoms with Crippen LogP contribution < -0.4 is 0 Å². The zero-order chi connectivity index (χ0) is 25.5. The van der Waals surface area contributed by atoms with Gasteiger partial charge in [0.05, 0.1) is 18.6 Å². The highest BCUT2D eigenvalue weighted by molar-refractivity contribution is 7.89. The van der Waals surface area contributed by atoms with Gasteiger partial charge in [0.15, 0.2) is 0 Å². The van der Waals surface area contributed by atoms with Gasteiger partial charge in [0.25, 0.3) is 0 Å². The van der Waals surface area contributed by atoms with Crippen LogP contribution in [-0.2, 0) is 27.9 Å². The lowest BCUT2D eigenvalue weighted by Gasteiger charge is -2.27. The van der Waals surface area contributed by atoms with Gasteiger partial charge in [-0.25, -0.2) is 8.42 Å². The molecule has 2 aromatic carbocycles. The molecule has 1 amide bonds. The number of fused-ring (bicyclic) bond motifs is 1. The Morgan fingerprint density at radius 2 is 1.72 bits per heavy atom. The van der Waals surface area contributed by atoms with Crippen LogP contribution in [0.3, 0.4) is 0 Å². The number of hydrogen-bond donors (Lipinski definition) is 0. The molecule has 8 heteroatoms. The maximum absolute atomic E-state index is 13.8. The number of benzene rings is 2. The highest BCUT2D eigenvalue weighted by atomic mass is 32.2. The fourth-order valence-corrected chi connectivity index (χ4v) is 6.59. The van der Waals surface area contributed by atoms with Crippen molar-refractivity contribution in [3.63, 3.8) is 0 Å². The van der Waals surface area contributed by atoms with Crippen molar-refractivity contribution >= 4 is 38.2 Å². The SMILES string of the molecule is CCCCN(CC(=O)N(Cc1ccccc1)Cc1ccc(C)s1)S(=O)(=O)c1cccc2cccnc12. The van der Waals surface area contributed by atoms with E-state index < -0.39 is 10.0 Å². The topological polar surface area (TPSA) is 70.6 Å². The molecule has 4 aromatic rings. The molecule has 0 fully saturated rings. The Labute approximate surface area is 217 Å². The van der Waals surface area contributed by atoms with Crippen molar-refractivity contribution in [3.8, 4) is 0 Å². The summed E-state index contributed by atoms with van der Waals surface area (Å²) in [5.74, 6) is -0.224. The van der Waals surface area contributed by atoms with Crippen LogP contribution in [0.25, 0.3) is 10.9 Å². The molecule has 0 spiro atoms. The van der Waals surface area contributed by atoms with Gasteiger partial charge in [-0.2, -0.15) is 4.31 Å². The minimum atomic E-state index is -3.94. The highest BCUT2D eigenvalue weighted by Gasteiger charge is 2.30. The molecule has 0 unspecified atom stereocenters. The molecule has 6 nitrogen and oxygen atoms in total. The molecule has 2 heterocycles. The molecule has 0 saturated heterocycles. The number of para-hydroxylation sites is 1. The van der Waals surface area contributed by atoms with Crippen molar-refractivity contribution in [1.82, 2.24) is 14.2 Å². The summed E-state index contributed by atoms with van der Waals surface area (Å²) in [4.78, 5) is 22.1. The minimum Gasteiger partial charge on any atom is -0.332 e. The lowest BCUT2D eigenvalue weighted by Crippen LogP contribution is -2.42. The lowest BCUT2D eigenvalue weighted by atomic mass is 10.2. The molecule has 0 atom stereocenters. The van der Waals surface area contributed by atoms with Crippen molar-refractivity contribution < 1.29 is 13.2 Å². The van der Waals surface area contributed by atoms with Crippen LogP contribution in [0.5, 0.6) is 0 Å². The fraction of sp³-hybridized carbons (Fsp3) is 0.286. The summed E-state index contributed by atoms with van der Waals surface area (Å²) < 4.78 is 29.0. The Balaban J connectivity index is 1.64. The summed E-state index contributed by atoms with van der Waals surface area (Å²) in [7, 11) is -3.94. The van der Waals surface area contributed by atoms with E-state index in [-0.39, 0.29) is 23.9 Å². The van der Waals surface area contributed by atoms with Crippen LogP contribution >= 0.6 is 11.3 Å². The summed E-state index contributed by atoms with van der Waals surface area (Å²) in [6.07, 6.45) is 3.07. The van der Waals surface area contributed by atoms with Gasteiger partial charge in [0.1, 0.15) is 4.90 Å². The van der Waals surface area contributed by atoms with Gasteiger partial charge in [-0.1, -0.05) is 61.9 Å². The number of sulfonamides is 1. The summed E-state index contributed by atoms with van der Waals surface area (Å²) in [5, 5.41) is 0.749. The normalized spacial score (nSPS) is 11.8. The monoisotopic (exact) mass is 521 g/mol. The highest BCUT2D eigenvalue weighted by Crippen LogP contribution is 2.25. The fourth-order valence-electron chi connectivity index (χ4n) is 4.09. The van der Waals surface area contributed by atoms with Gasteiger partial charge in [0.2, 0.25) is 15.9 Å². The number of thiophene rings is 1. The second kappa shape index (κ2) is 11.8. The average molecular weight is 522 g/mol. The summed E-state index contributed by atoms with van der Waals surface area (Å²) >= 11 is 1.65. The van der Waals surface area contributed by atoms with E-state index in [2.05, 4.69) is 4.98 Å². The van der Waals surface area contributed by atoms with Crippen molar-refractivity contribution in [2.24, 2.45) is 0 Å². The average Bonchev–Trinajstić information content (AvgIpc) is 3.30. The standard InChI is InChI=1S/C28H31N3O3S2/c1-3-4-18-31(36(33,34)26-14-8-12-24-13-9-17-29-28(24)26)21-27(32)30(19-23-10-6-5-7-11-23)20-25-16-15-22(2)35-25/h5-17H,3-4,18-21H2,1-2H3. The van der Waals surface area contributed by atoms with Gasteiger partial charge in [-0.15, -0.1) is 11.3 Å². The maximum atomic E-state index is 13.8. The molecule has 0 radical (unpaired) electrons. The molecule has 0 saturated carbocycles. The van der Waals surface area contributed by atoms with E-state index in [0.717, 1.165) is 22.2 Å². The molecular weight excluding hydrogens is 490 g/mol. The molecule has 4 rings (SSSR count). The number of aromatic nitrogens is 1. The van der Waals surface area contributed by atoms with E-state index in [1.165, 1.54) is 9.18 Å². The largest absolute Gasteiger partial charge is 0.332 e. The van der Waals surface area contributed by atoms with E-state index in [1.807, 2.05) is 68.4 Å². The lowest BCUT2D eigenvalue weighted by molar-refractivity contribution is -0.132. The van der Waals surface area contributed by atoms with Crippen LogP contribution in [0.4, 0.5) is 0 Å². The van der Waals surface area contributed by atoms with E-state index in [9.17, 15) is 13.2 Å². The van der Waals surface area contributed by atoms with Crippen LogP contribution in [-0.4, -0.2) is 41.6 Å². The zero-order valence-corrected chi connectivity index (χ0v) is 22.3. The number of carbonyl (C=O) groups excluding carboxylic acids is 1. The second-order valence-corrected chi connectivity index (χ2v) is 12.0. The Morgan fingerprint density at radius 1 is 0.944 bits per heavy atom. The predicted octanol–water partition coefficient (Wildman–Crippen LogP) is 5.62. The number of aryl methyl sites for hydroxylation is 1. The van der Waals surface area contributed by atoms with Crippen LogP contribution in [0.1, 0.15) is 35.1 Å². The van der Waals surface area contributed by atoms with E-state index in [4.69, 9.17) is 0 Å². The van der Waals surface area contributed by atoms with E-state index >= 15 is 0 Å². The number of pyridine rings is 1. The number of hydrogen-bond acceptors (Lipinski definition) is 5. The van der Waals surface area contributed by atoms with E-state index in [1.54, 1.807) is 40.6 Å². The van der Waals surface area contributed by atoms with Gasteiger partial charge in [-0.05, 0) is 43.2 Å². The zero-order valence-electron chi connectivity index (χ0n) is 20.6. The quantitative estimate of drug-likeness (QED) is 0.257. The molecule has 0 aliphatic carbocycles. The first-order valence-corrected chi connectivity index (χ1v) is 14.3. The first-order valence-electron chi connectivity index (χ1n) is 12.1. The van der Waals surface area contributed by atoms with Crippen molar-refractivity contribution in [3.05, 3.63) is 94.3 Å². The number of unbranched alkanes of at least 4 members (excludes halogenated alkanes) is 1. The van der Waals surface area contributed by atoms with Crippen molar-refractivity contribution in [2.75, 3.05) is 13.1 Å². The Hall–Kier alpha value is -3.07. The molecule has 2 aromatic heterocycles. The molecule has 0 bridgehead atoms. The smallest absolute Gasteiger partial charge is 0.245 e. The summed E-state index contributed by atoms with van der Waals surface area (Å²) in [5.41, 5.74) is 1.42. The number of nitrogens with zero attached hydrogens (tertiary/aromatic N) is 3. The predicted molar refractivity (Wildman–Crippen MR) is 145 cm³/mol. The number of amides is 1. The van der Waals surface area contributed by atoms with E-state index in [0.29, 0.717) is 25.0 Å². The van der Waals surface area contributed by atoms with Gasteiger partial charge >= 0.3 is 0 Å². The third kappa shape index (κ3) is 6.19. The third-order valence-electron chi connectivity index (χ3n) is 6.00. The molecular formula is C28H31N3O3S2. The maximum Gasteiger partial charge on any atom is 0.245 e. The molecule has 0 N–H and O–H groups in total. The number of rotatable bonds is 11. The van der Waals surface area contributed by atoms with Crippen LogP contribution in [0.2, 0.25) is 0 Å². The number of carbonyl (C=O) groups is 1. The summed E-state index contributed by atoms with van der Waals surface area (Å²) in [6.45, 7) is 4.94. The first kappa shape index (κ1) is 26.0. The van der Waals surface area contributed by atoms with Gasteiger partial charge < -0.3 is 4.90 Å². The Morgan fingerprint density at radius 3 is 2.44 bits per heavy atom. The molecule has 0 aliphatic rings. The van der Waals surface area contributed by atoms with Crippen molar-refractivity contribution in [1.29, 1.82) is 0 Å². The Kier molecular flexibility index (Phi) is 8.51. The van der Waals surface area contributed by atoms with Gasteiger partial charge in [0, 0.05) is 34.4 Å². The Bertz CT molecular complexity index is 1410. The molecule has 188 valence electrons. The van der Waals surface area contributed by atoms with Crippen molar-refractivity contribution in [2.45, 2.75) is 44.7 Å².